The summed E-state index contributed by atoms with van der Waals surface area (Å²) < 4.78 is 100. The SMILES string of the molecule is Cc1cccc2c(/C=C3/C(=O)N(c4ccccc4)N=C3C(F)(F)C(F)(F)C(F)(F)F)c(C)n(Cc3ccc(Cl)cc3)c12. The van der Waals surface area contributed by atoms with Crippen molar-refractivity contribution in [1.29, 1.82) is 0 Å². The van der Waals surface area contributed by atoms with Crippen molar-refractivity contribution in [2.75, 3.05) is 5.01 Å². The summed E-state index contributed by atoms with van der Waals surface area (Å²) in [5.41, 5.74) is -0.237. The van der Waals surface area contributed by atoms with E-state index >= 15 is 8.78 Å². The summed E-state index contributed by atoms with van der Waals surface area (Å²) in [7, 11) is 0. The number of hydrogen-bond donors (Lipinski definition) is 0. The lowest BCUT2D eigenvalue weighted by atomic mass is 9.96. The quantitative estimate of drug-likeness (QED) is 0.160. The summed E-state index contributed by atoms with van der Waals surface area (Å²) in [5, 5.41) is 4.75. The molecular formula is C30H21ClF7N3O. The van der Waals surface area contributed by atoms with Gasteiger partial charge in [-0.25, -0.2) is 0 Å². The second kappa shape index (κ2) is 10.3. The summed E-state index contributed by atoms with van der Waals surface area (Å²) in [6.07, 6.45) is -5.70. The number of alkyl halides is 7. The molecule has 0 fully saturated rings. The fourth-order valence-electron chi connectivity index (χ4n) is 4.89. The van der Waals surface area contributed by atoms with Gasteiger partial charge in [0.15, 0.2) is 5.71 Å². The molecule has 218 valence electrons. The maximum Gasteiger partial charge on any atom is 0.460 e. The van der Waals surface area contributed by atoms with Gasteiger partial charge in [-0.05, 0) is 55.3 Å². The van der Waals surface area contributed by atoms with E-state index < -0.39 is 35.2 Å². The van der Waals surface area contributed by atoms with Crippen LogP contribution in [0.2, 0.25) is 5.02 Å². The van der Waals surface area contributed by atoms with Crippen LogP contribution in [-0.2, 0) is 11.3 Å². The highest BCUT2D eigenvalue weighted by molar-refractivity contribution is 6.35. The zero-order valence-corrected chi connectivity index (χ0v) is 22.7. The number of aromatic nitrogens is 1. The van der Waals surface area contributed by atoms with Gasteiger partial charge in [0.1, 0.15) is 0 Å². The molecule has 4 aromatic rings. The van der Waals surface area contributed by atoms with Crippen LogP contribution in [0, 0.1) is 13.8 Å². The van der Waals surface area contributed by atoms with Crippen molar-refractivity contribution >= 4 is 45.9 Å². The second-order valence-corrected chi connectivity index (χ2v) is 10.2. The molecule has 4 nitrogen and oxygen atoms in total. The minimum absolute atomic E-state index is 0.0905. The first kappa shape index (κ1) is 29.4. The highest BCUT2D eigenvalue weighted by atomic mass is 35.5. The van der Waals surface area contributed by atoms with E-state index in [0.29, 0.717) is 33.2 Å². The number of rotatable bonds is 6. The summed E-state index contributed by atoms with van der Waals surface area (Å²) in [4.78, 5) is 13.5. The first-order valence-electron chi connectivity index (χ1n) is 12.5. The van der Waals surface area contributed by atoms with Crippen LogP contribution >= 0.6 is 11.6 Å². The van der Waals surface area contributed by atoms with Crippen molar-refractivity contribution in [1.82, 2.24) is 4.57 Å². The molecule has 1 amide bonds. The van der Waals surface area contributed by atoms with Crippen LogP contribution in [0.1, 0.15) is 22.4 Å². The van der Waals surface area contributed by atoms with Crippen LogP contribution in [0.3, 0.4) is 0 Å². The van der Waals surface area contributed by atoms with Gasteiger partial charge in [0.05, 0.1) is 16.8 Å². The lowest BCUT2D eigenvalue weighted by Crippen LogP contribution is -2.56. The smallest absolute Gasteiger partial charge is 0.340 e. The number of amides is 1. The lowest BCUT2D eigenvalue weighted by molar-refractivity contribution is -0.336. The number of hydrazone groups is 1. The van der Waals surface area contributed by atoms with Gasteiger partial charge < -0.3 is 4.57 Å². The Morgan fingerprint density at radius 2 is 1.50 bits per heavy atom. The third kappa shape index (κ3) is 4.75. The van der Waals surface area contributed by atoms with Gasteiger partial charge >= 0.3 is 18.0 Å². The third-order valence-corrected chi connectivity index (χ3v) is 7.31. The molecule has 1 aromatic heterocycles. The van der Waals surface area contributed by atoms with Crippen molar-refractivity contribution in [2.24, 2.45) is 5.10 Å². The molecule has 2 heterocycles. The van der Waals surface area contributed by atoms with Crippen molar-refractivity contribution in [3.8, 4) is 0 Å². The van der Waals surface area contributed by atoms with Crippen LogP contribution in [0.15, 0.2) is 83.5 Å². The van der Waals surface area contributed by atoms with E-state index in [1.165, 1.54) is 24.3 Å². The number of para-hydroxylation sites is 2. The van der Waals surface area contributed by atoms with Crippen molar-refractivity contribution in [3.05, 3.63) is 106 Å². The average molecular weight is 608 g/mol. The van der Waals surface area contributed by atoms with E-state index in [0.717, 1.165) is 17.2 Å². The van der Waals surface area contributed by atoms with Gasteiger partial charge in [-0.15, -0.1) is 0 Å². The molecule has 42 heavy (non-hydrogen) atoms. The number of fused-ring (bicyclic) bond motifs is 1. The van der Waals surface area contributed by atoms with Gasteiger partial charge in [0.2, 0.25) is 0 Å². The molecule has 0 spiro atoms. The Kier molecular flexibility index (Phi) is 7.21. The molecule has 0 bridgehead atoms. The van der Waals surface area contributed by atoms with Crippen LogP contribution in [0.5, 0.6) is 0 Å². The highest BCUT2D eigenvalue weighted by Crippen LogP contribution is 2.49. The molecule has 0 unspecified atom stereocenters. The Balaban J connectivity index is 1.73. The molecular weight excluding hydrogens is 587 g/mol. The van der Waals surface area contributed by atoms with Crippen LogP contribution < -0.4 is 5.01 Å². The van der Waals surface area contributed by atoms with Crippen molar-refractivity contribution in [3.63, 3.8) is 0 Å². The zero-order valence-electron chi connectivity index (χ0n) is 22.0. The largest absolute Gasteiger partial charge is 0.460 e. The molecule has 1 aliphatic heterocycles. The number of anilines is 1. The van der Waals surface area contributed by atoms with Gasteiger partial charge in [0.25, 0.3) is 5.91 Å². The van der Waals surface area contributed by atoms with Crippen LogP contribution in [0.25, 0.3) is 17.0 Å². The topological polar surface area (TPSA) is 37.6 Å². The molecule has 0 atom stereocenters. The number of benzene rings is 3. The zero-order chi connectivity index (χ0) is 30.6. The minimum Gasteiger partial charge on any atom is -0.340 e. The molecule has 1 aliphatic rings. The maximum atomic E-state index is 15.2. The predicted molar refractivity (Wildman–Crippen MR) is 147 cm³/mol. The monoisotopic (exact) mass is 607 g/mol. The Labute approximate surface area is 240 Å². The predicted octanol–water partition coefficient (Wildman–Crippen LogP) is 8.58. The number of nitrogens with zero attached hydrogens (tertiary/aromatic N) is 3. The fraction of sp³-hybridized carbons (Fsp3) is 0.200. The van der Waals surface area contributed by atoms with Gasteiger partial charge in [-0.1, -0.05) is 60.1 Å². The first-order chi connectivity index (χ1) is 19.6. The standard InChI is InChI=1S/C30H21ClF7N3O/c1-17-7-6-10-22-23(18(2)40(25(17)22)16-19-11-13-20(31)14-12-19)15-24-26(28(32,33)29(34,35)30(36,37)38)39-41(27(24)42)21-8-4-3-5-9-21/h3-15H,16H2,1-2H3/b24-15+. The van der Waals surface area contributed by atoms with Crippen molar-refractivity contribution in [2.45, 2.75) is 38.4 Å². The summed E-state index contributed by atoms with van der Waals surface area (Å²) in [6, 6.07) is 19.1. The van der Waals surface area contributed by atoms with E-state index in [2.05, 4.69) is 5.10 Å². The molecule has 3 aromatic carbocycles. The molecule has 0 saturated carbocycles. The lowest BCUT2D eigenvalue weighted by Gasteiger charge is -2.27. The Morgan fingerprint density at radius 1 is 0.857 bits per heavy atom. The molecule has 0 radical (unpaired) electrons. The minimum atomic E-state index is -6.62. The van der Waals surface area contributed by atoms with Crippen LogP contribution in [-0.4, -0.2) is 34.2 Å². The second-order valence-electron chi connectivity index (χ2n) is 9.79. The molecule has 12 heteroatoms. The number of hydrogen-bond acceptors (Lipinski definition) is 2. The molecule has 0 aliphatic carbocycles. The first-order valence-corrected chi connectivity index (χ1v) is 12.9. The van der Waals surface area contributed by atoms with Gasteiger partial charge in [-0.2, -0.15) is 40.8 Å². The number of aryl methyl sites for hydroxylation is 1. The Bertz CT molecular complexity index is 1740. The normalized spacial score (nSPS) is 15.7. The Morgan fingerprint density at radius 3 is 2.12 bits per heavy atom. The van der Waals surface area contributed by atoms with Gasteiger partial charge in [-0.3, -0.25) is 4.79 Å². The fourth-order valence-corrected chi connectivity index (χ4v) is 5.01. The average Bonchev–Trinajstić information content (AvgIpc) is 3.40. The number of carbonyl (C=O) groups is 1. The molecule has 5 rings (SSSR count). The third-order valence-electron chi connectivity index (χ3n) is 7.06. The summed E-state index contributed by atoms with van der Waals surface area (Å²) in [5.74, 6) is -13.7. The van der Waals surface area contributed by atoms with E-state index in [1.54, 1.807) is 62.4 Å². The van der Waals surface area contributed by atoms with E-state index in [-0.39, 0.29) is 11.3 Å². The van der Waals surface area contributed by atoms with E-state index in [1.807, 2.05) is 4.57 Å². The number of halogens is 8. The molecule has 0 N–H and O–H groups in total. The summed E-state index contributed by atoms with van der Waals surface area (Å²) in [6.45, 7) is 3.73. The van der Waals surface area contributed by atoms with E-state index in [9.17, 15) is 26.7 Å². The molecule has 0 saturated heterocycles. The maximum absolute atomic E-state index is 15.2. The van der Waals surface area contributed by atoms with Gasteiger partial charge in [0, 0.05) is 28.2 Å². The van der Waals surface area contributed by atoms with E-state index in [4.69, 9.17) is 11.6 Å². The Hall–Kier alpha value is -4.12. The highest BCUT2D eigenvalue weighted by Gasteiger charge is 2.76. The van der Waals surface area contributed by atoms with Crippen molar-refractivity contribution < 1.29 is 35.5 Å². The van der Waals surface area contributed by atoms with Crippen LogP contribution in [0.4, 0.5) is 36.4 Å². The number of carbonyl (C=O) groups excluding carboxylic acids is 1. The summed E-state index contributed by atoms with van der Waals surface area (Å²) >= 11 is 6.00.